The lowest BCUT2D eigenvalue weighted by molar-refractivity contribution is -0.124. The predicted octanol–water partition coefficient (Wildman–Crippen LogP) is 3.89. The van der Waals surface area contributed by atoms with E-state index in [9.17, 15) is 9.59 Å². The van der Waals surface area contributed by atoms with Crippen LogP contribution in [0.4, 0.5) is 5.69 Å². The van der Waals surface area contributed by atoms with E-state index in [1.165, 1.54) is 4.90 Å². The average Bonchev–Trinajstić information content (AvgIpc) is 2.87. The minimum absolute atomic E-state index is 0.0599. The Bertz CT molecular complexity index is 821. The highest BCUT2D eigenvalue weighted by Crippen LogP contribution is 2.74. The van der Waals surface area contributed by atoms with Crippen molar-refractivity contribution in [3.05, 3.63) is 42.0 Å². The van der Waals surface area contributed by atoms with Gasteiger partial charge in [-0.1, -0.05) is 39.0 Å². The van der Waals surface area contributed by atoms with Gasteiger partial charge in [-0.05, 0) is 36.1 Å². The Morgan fingerprint density at radius 1 is 1.15 bits per heavy atom. The summed E-state index contributed by atoms with van der Waals surface area (Å²) < 4.78 is 12.4. The molecule has 144 valence electrons. The number of benzene rings is 1. The van der Waals surface area contributed by atoms with E-state index in [0.717, 1.165) is 5.57 Å². The first kappa shape index (κ1) is 19.1. The zero-order valence-corrected chi connectivity index (χ0v) is 17.6. The molecule has 2 fully saturated rings. The molecule has 0 saturated carbocycles. The number of rotatable bonds is 3. The third kappa shape index (κ3) is 3.07. The molecule has 1 aliphatic carbocycles. The molecule has 7 heteroatoms. The summed E-state index contributed by atoms with van der Waals surface area (Å²) >= 11 is 5.84. The van der Waals surface area contributed by atoms with Gasteiger partial charge in [0.15, 0.2) is 6.92 Å². The van der Waals surface area contributed by atoms with Crippen molar-refractivity contribution in [3.63, 3.8) is 0 Å². The third-order valence-electron chi connectivity index (χ3n) is 5.29. The standard InChI is InChI=1S/C20H24NO4PS/c1-12-10-14-15-16(17(12)25-26(14,27)24-11-20(2,3)4)19(23)21(18(15)22)13-8-6-5-7-9-13/h5-10,14-17H,11H2,1-4H3/t14-,15+,16+,17+,26?/m0/s1. The summed E-state index contributed by atoms with van der Waals surface area (Å²) in [7, 11) is 0. The van der Waals surface area contributed by atoms with Crippen molar-refractivity contribution in [2.45, 2.75) is 39.5 Å². The molecule has 5 rings (SSSR count). The van der Waals surface area contributed by atoms with Crippen LogP contribution in [0.1, 0.15) is 27.7 Å². The van der Waals surface area contributed by atoms with Crippen LogP contribution < -0.4 is 4.90 Å². The smallest absolute Gasteiger partial charge is 0.242 e. The SMILES string of the molecule is CC1=C[C@H]2[C@H]3C(=O)N(c4ccccc4)C(=O)[C@H]3[C@@H]1O[P+]2([S-])OCC(C)(C)C. The highest BCUT2D eigenvalue weighted by molar-refractivity contribution is 8.38. The fourth-order valence-corrected chi connectivity index (χ4v) is 7.73. The van der Waals surface area contributed by atoms with E-state index in [-0.39, 0.29) is 22.9 Å². The second-order valence-corrected chi connectivity index (χ2v) is 12.4. The molecule has 27 heavy (non-hydrogen) atoms. The number of anilines is 1. The van der Waals surface area contributed by atoms with Crippen molar-refractivity contribution >= 4 is 36.7 Å². The molecule has 5 atom stereocenters. The van der Waals surface area contributed by atoms with Crippen LogP contribution >= 0.6 is 6.92 Å². The van der Waals surface area contributed by atoms with Crippen molar-refractivity contribution < 1.29 is 18.6 Å². The second-order valence-electron chi connectivity index (χ2n) is 8.70. The monoisotopic (exact) mass is 405 g/mol. The highest BCUT2D eigenvalue weighted by atomic mass is 32.7. The minimum atomic E-state index is -2.70. The molecule has 1 aromatic rings. The number of carbonyl (C=O) groups excluding carboxylic acids is 2. The van der Waals surface area contributed by atoms with Gasteiger partial charge in [0.05, 0.1) is 24.1 Å². The van der Waals surface area contributed by atoms with Crippen LogP contribution in [0.15, 0.2) is 42.0 Å². The van der Waals surface area contributed by atoms with Gasteiger partial charge >= 0.3 is 0 Å². The molecular formula is C20H24NO4PS. The molecule has 3 heterocycles. The number of hydrogen-bond donors (Lipinski definition) is 0. The number of nitrogens with zero attached hydrogens (tertiary/aromatic N) is 1. The van der Waals surface area contributed by atoms with Crippen molar-refractivity contribution in [1.82, 2.24) is 0 Å². The van der Waals surface area contributed by atoms with Gasteiger partial charge in [-0.3, -0.25) is 9.59 Å². The maximum Gasteiger partial charge on any atom is 0.242 e. The molecule has 1 aromatic carbocycles. The number of hydrogen-bond acceptors (Lipinski definition) is 5. The van der Waals surface area contributed by atoms with Crippen LogP contribution in [0.3, 0.4) is 0 Å². The number of imide groups is 1. The summed E-state index contributed by atoms with van der Waals surface area (Å²) in [4.78, 5) is 27.7. The van der Waals surface area contributed by atoms with E-state index < -0.39 is 24.9 Å². The predicted molar refractivity (Wildman–Crippen MR) is 108 cm³/mol. The molecule has 1 unspecified atom stereocenters. The zero-order chi connectivity index (χ0) is 19.6. The number of para-hydroxylation sites is 1. The van der Waals surface area contributed by atoms with Crippen LogP contribution in [-0.2, 0) is 30.9 Å². The first-order chi connectivity index (χ1) is 12.6. The quantitative estimate of drug-likeness (QED) is 0.331. The van der Waals surface area contributed by atoms with Crippen LogP contribution in [0, 0.1) is 17.3 Å². The molecule has 2 saturated heterocycles. The number of allylic oxidation sites excluding steroid dienone is 1. The third-order valence-corrected chi connectivity index (χ3v) is 8.81. The highest BCUT2D eigenvalue weighted by Gasteiger charge is 2.68. The Balaban J connectivity index is 1.70. The van der Waals surface area contributed by atoms with Crippen LogP contribution in [0.5, 0.6) is 0 Å². The molecule has 4 aliphatic rings. The lowest BCUT2D eigenvalue weighted by Crippen LogP contribution is -2.49. The summed E-state index contributed by atoms with van der Waals surface area (Å²) in [6.45, 7) is 5.92. The largest absolute Gasteiger partial charge is 0.492 e. The van der Waals surface area contributed by atoms with E-state index in [1.54, 1.807) is 12.1 Å². The number of fused-ring (bicyclic) bond motifs is 1. The van der Waals surface area contributed by atoms with Gasteiger partial charge in [0.25, 0.3) is 0 Å². The average molecular weight is 405 g/mol. The Morgan fingerprint density at radius 2 is 1.78 bits per heavy atom. The Kier molecular flexibility index (Phi) is 4.54. The van der Waals surface area contributed by atoms with Gasteiger partial charge in [0.1, 0.15) is 11.8 Å². The maximum absolute atomic E-state index is 13.3. The summed E-state index contributed by atoms with van der Waals surface area (Å²) in [5.41, 5.74) is 1.16. The fourth-order valence-electron chi connectivity index (χ4n) is 4.04. The number of carbonyl (C=O) groups is 2. The molecule has 2 bridgehead atoms. The van der Waals surface area contributed by atoms with E-state index >= 15 is 0 Å². The lowest BCUT2D eigenvalue weighted by Gasteiger charge is -2.49. The maximum atomic E-state index is 13.3. The molecule has 0 N–H and O–H groups in total. The summed E-state index contributed by atoms with van der Waals surface area (Å²) in [6, 6.07) is 9.07. The Labute approximate surface area is 165 Å². The van der Waals surface area contributed by atoms with E-state index in [0.29, 0.717) is 12.3 Å². The topological polar surface area (TPSA) is 55.8 Å². The molecule has 0 spiro atoms. The van der Waals surface area contributed by atoms with Gasteiger partial charge in [0, 0.05) is 0 Å². The summed E-state index contributed by atoms with van der Waals surface area (Å²) in [6.07, 6.45) is 1.55. The molecule has 5 nitrogen and oxygen atoms in total. The molecule has 0 radical (unpaired) electrons. The van der Waals surface area contributed by atoms with Crippen molar-refractivity contribution in [3.8, 4) is 0 Å². The van der Waals surface area contributed by atoms with Crippen molar-refractivity contribution in [2.75, 3.05) is 11.5 Å². The van der Waals surface area contributed by atoms with Crippen molar-refractivity contribution in [2.24, 2.45) is 17.3 Å². The normalized spacial score (nSPS) is 35.4. The fraction of sp³-hybridized carbons (Fsp3) is 0.500. The zero-order valence-electron chi connectivity index (χ0n) is 15.9. The van der Waals surface area contributed by atoms with Gasteiger partial charge < -0.3 is 12.2 Å². The molecule has 0 aromatic heterocycles. The summed E-state index contributed by atoms with van der Waals surface area (Å²) in [5, 5.41) is 0. The Hall–Kier alpha value is -1.20. The van der Waals surface area contributed by atoms with Crippen LogP contribution in [0.2, 0.25) is 0 Å². The Morgan fingerprint density at radius 3 is 2.41 bits per heavy atom. The van der Waals surface area contributed by atoms with Gasteiger partial charge in [-0.15, -0.1) is 0 Å². The minimum Gasteiger partial charge on any atom is -0.492 e. The molecular weight excluding hydrogens is 381 g/mol. The van der Waals surface area contributed by atoms with Gasteiger partial charge in [-0.2, -0.15) is 0 Å². The lowest BCUT2D eigenvalue weighted by atomic mass is 9.79. The molecule has 2 amide bonds. The van der Waals surface area contributed by atoms with Crippen LogP contribution in [-0.4, -0.2) is 30.2 Å². The van der Waals surface area contributed by atoms with E-state index in [4.69, 9.17) is 21.3 Å². The molecule has 3 aliphatic heterocycles. The second kappa shape index (κ2) is 6.41. The first-order valence-electron chi connectivity index (χ1n) is 9.16. The first-order valence-corrected chi connectivity index (χ1v) is 11.9. The van der Waals surface area contributed by atoms with Crippen molar-refractivity contribution in [1.29, 1.82) is 0 Å². The van der Waals surface area contributed by atoms with E-state index in [2.05, 4.69) is 20.8 Å². The summed E-state index contributed by atoms with van der Waals surface area (Å²) in [5.74, 6) is -1.39. The van der Waals surface area contributed by atoms with Crippen LogP contribution in [0.25, 0.3) is 0 Å². The number of amides is 2. The van der Waals surface area contributed by atoms with Gasteiger partial charge in [0.2, 0.25) is 11.8 Å². The van der Waals surface area contributed by atoms with Gasteiger partial charge in [-0.25, -0.2) is 13.9 Å². The van der Waals surface area contributed by atoms with E-state index in [1.807, 2.05) is 31.2 Å².